The van der Waals surface area contributed by atoms with Crippen molar-refractivity contribution in [1.82, 2.24) is 24.4 Å². The van der Waals surface area contributed by atoms with Crippen LogP contribution in [-0.2, 0) is 11.3 Å². The molecule has 1 saturated heterocycles. The van der Waals surface area contributed by atoms with Gasteiger partial charge in [0.15, 0.2) is 5.82 Å². The summed E-state index contributed by atoms with van der Waals surface area (Å²) in [4.78, 5) is 28.5. The van der Waals surface area contributed by atoms with Crippen molar-refractivity contribution in [3.63, 3.8) is 0 Å². The lowest BCUT2D eigenvalue weighted by Gasteiger charge is -2.35. The quantitative estimate of drug-likeness (QED) is 0.633. The first-order chi connectivity index (χ1) is 15.1. The summed E-state index contributed by atoms with van der Waals surface area (Å²) in [6.45, 7) is 6.16. The van der Waals surface area contributed by atoms with Crippen molar-refractivity contribution in [1.29, 1.82) is 0 Å². The van der Waals surface area contributed by atoms with E-state index in [1.54, 1.807) is 12.4 Å². The second kappa shape index (κ2) is 8.23. The Morgan fingerprint density at radius 1 is 1.06 bits per heavy atom. The van der Waals surface area contributed by atoms with Crippen LogP contribution in [0.25, 0.3) is 22.5 Å². The number of ether oxygens (including phenoxy) is 1. The summed E-state index contributed by atoms with van der Waals surface area (Å²) in [7, 11) is 0. The molecule has 31 heavy (non-hydrogen) atoms. The highest BCUT2D eigenvalue weighted by atomic mass is 16.5. The normalized spacial score (nSPS) is 21.3. The van der Waals surface area contributed by atoms with E-state index >= 15 is 0 Å². The third-order valence-corrected chi connectivity index (χ3v) is 5.88. The highest BCUT2D eigenvalue weighted by Crippen LogP contribution is 2.33. The summed E-state index contributed by atoms with van der Waals surface area (Å²) in [5.41, 5.74) is 3.49. The van der Waals surface area contributed by atoms with Crippen molar-refractivity contribution in [2.45, 2.75) is 45.4 Å². The summed E-state index contributed by atoms with van der Waals surface area (Å²) in [5.74, 6) is 1.38. The van der Waals surface area contributed by atoms with Crippen molar-refractivity contribution >= 4 is 5.91 Å². The first-order valence-electron chi connectivity index (χ1n) is 10.9. The van der Waals surface area contributed by atoms with Gasteiger partial charge in [-0.2, -0.15) is 0 Å². The van der Waals surface area contributed by atoms with E-state index in [1.165, 1.54) is 12.8 Å². The van der Waals surface area contributed by atoms with Crippen LogP contribution < -0.4 is 0 Å². The Balaban J connectivity index is 1.43. The average Bonchev–Trinajstić information content (AvgIpc) is 3.50. The molecule has 0 aromatic carbocycles. The van der Waals surface area contributed by atoms with Gasteiger partial charge >= 0.3 is 0 Å². The maximum Gasteiger partial charge on any atom is 0.270 e. The van der Waals surface area contributed by atoms with Gasteiger partial charge in [-0.25, -0.2) is 9.97 Å². The van der Waals surface area contributed by atoms with Crippen LogP contribution in [0.15, 0.2) is 49.2 Å². The van der Waals surface area contributed by atoms with Crippen LogP contribution in [0.1, 0.15) is 37.2 Å². The van der Waals surface area contributed by atoms with Gasteiger partial charge in [0.2, 0.25) is 0 Å². The van der Waals surface area contributed by atoms with E-state index in [4.69, 9.17) is 4.74 Å². The van der Waals surface area contributed by atoms with Gasteiger partial charge in [0, 0.05) is 67.3 Å². The molecule has 4 heterocycles. The highest BCUT2D eigenvalue weighted by Gasteiger charge is 2.30. The van der Waals surface area contributed by atoms with Gasteiger partial charge in [0.05, 0.1) is 12.2 Å². The van der Waals surface area contributed by atoms with E-state index in [0.29, 0.717) is 24.8 Å². The standard InChI is InChI=1S/C24H27N5O2/c1-16-12-29(13-17(2)31-16)24(30)22-8-20(15-28(22)14-18-5-6-18)21-10-26-23(27-11-21)19-4-3-7-25-9-19/h3-4,7-11,15-18H,5-6,12-14H2,1-2H3/t16-,17-/m0/s1. The van der Waals surface area contributed by atoms with E-state index in [2.05, 4.69) is 25.7 Å². The van der Waals surface area contributed by atoms with E-state index < -0.39 is 0 Å². The van der Waals surface area contributed by atoms with Gasteiger partial charge in [0.25, 0.3) is 5.91 Å². The van der Waals surface area contributed by atoms with Gasteiger partial charge < -0.3 is 14.2 Å². The summed E-state index contributed by atoms with van der Waals surface area (Å²) >= 11 is 0. The minimum absolute atomic E-state index is 0.0486. The van der Waals surface area contributed by atoms with Crippen molar-refractivity contribution in [3.05, 3.63) is 54.9 Å². The third-order valence-electron chi connectivity index (χ3n) is 5.88. The lowest BCUT2D eigenvalue weighted by atomic mass is 10.1. The molecule has 2 fully saturated rings. The zero-order valence-corrected chi connectivity index (χ0v) is 17.9. The van der Waals surface area contributed by atoms with E-state index in [1.807, 2.05) is 49.3 Å². The molecule has 7 nitrogen and oxygen atoms in total. The van der Waals surface area contributed by atoms with Crippen LogP contribution in [0.5, 0.6) is 0 Å². The molecule has 0 N–H and O–H groups in total. The Bertz CT molecular complexity index is 1050. The predicted molar refractivity (Wildman–Crippen MR) is 117 cm³/mol. The average molecular weight is 418 g/mol. The van der Waals surface area contributed by atoms with E-state index in [-0.39, 0.29) is 18.1 Å². The predicted octanol–water partition coefficient (Wildman–Crippen LogP) is 3.67. The fourth-order valence-corrected chi connectivity index (χ4v) is 4.20. The molecule has 1 aliphatic carbocycles. The van der Waals surface area contributed by atoms with Gasteiger partial charge in [-0.3, -0.25) is 9.78 Å². The summed E-state index contributed by atoms with van der Waals surface area (Å²) in [6, 6.07) is 5.79. The summed E-state index contributed by atoms with van der Waals surface area (Å²) < 4.78 is 7.93. The molecule has 1 amide bonds. The van der Waals surface area contributed by atoms with Crippen LogP contribution in [0.2, 0.25) is 0 Å². The van der Waals surface area contributed by atoms with Gasteiger partial charge in [-0.05, 0) is 50.8 Å². The molecule has 1 saturated carbocycles. The van der Waals surface area contributed by atoms with Crippen LogP contribution >= 0.6 is 0 Å². The van der Waals surface area contributed by atoms with Crippen LogP contribution in [0.3, 0.4) is 0 Å². The monoisotopic (exact) mass is 417 g/mol. The molecule has 2 aliphatic rings. The summed E-state index contributed by atoms with van der Waals surface area (Å²) in [6.07, 6.45) is 11.8. The number of aromatic nitrogens is 4. The lowest BCUT2D eigenvalue weighted by molar-refractivity contribution is -0.0588. The number of carbonyl (C=O) groups is 1. The first kappa shape index (κ1) is 19.9. The number of amides is 1. The van der Waals surface area contributed by atoms with E-state index in [9.17, 15) is 4.79 Å². The maximum absolute atomic E-state index is 13.4. The van der Waals surface area contributed by atoms with Crippen molar-refractivity contribution in [3.8, 4) is 22.5 Å². The van der Waals surface area contributed by atoms with Crippen molar-refractivity contribution < 1.29 is 9.53 Å². The van der Waals surface area contributed by atoms with Crippen molar-refractivity contribution in [2.75, 3.05) is 13.1 Å². The first-order valence-corrected chi connectivity index (χ1v) is 10.9. The summed E-state index contributed by atoms with van der Waals surface area (Å²) in [5, 5.41) is 0. The lowest BCUT2D eigenvalue weighted by Crippen LogP contribution is -2.48. The number of pyridine rings is 1. The van der Waals surface area contributed by atoms with E-state index in [0.717, 1.165) is 28.9 Å². The topological polar surface area (TPSA) is 73.1 Å². The Kier molecular flexibility index (Phi) is 5.28. The number of carbonyl (C=O) groups excluding carboxylic acids is 1. The van der Waals surface area contributed by atoms with Crippen LogP contribution in [-0.4, -0.2) is 55.6 Å². The minimum Gasteiger partial charge on any atom is -0.372 e. The molecule has 160 valence electrons. The zero-order valence-electron chi connectivity index (χ0n) is 17.9. The van der Waals surface area contributed by atoms with Gasteiger partial charge in [-0.15, -0.1) is 0 Å². The maximum atomic E-state index is 13.4. The Morgan fingerprint density at radius 2 is 1.81 bits per heavy atom. The molecule has 3 aromatic heterocycles. The van der Waals surface area contributed by atoms with Crippen molar-refractivity contribution in [2.24, 2.45) is 5.92 Å². The third kappa shape index (κ3) is 4.37. The number of nitrogens with zero attached hydrogens (tertiary/aromatic N) is 5. The number of hydrogen-bond acceptors (Lipinski definition) is 5. The number of morpholine rings is 1. The van der Waals surface area contributed by atoms with Gasteiger partial charge in [-0.1, -0.05) is 0 Å². The second-order valence-corrected chi connectivity index (χ2v) is 8.71. The molecule has 0 radical (unpaired) electrons. The molecule has 3 aromatic rings. The Morgan fingerprint density at radius 3 is 2.45 bits per heavy atom. The smallest absolute Gasteiger partial charge is 0.270 e. The molecule has 5 rings (SSSR count). The highest BCUT2D eigenvalue weighted by molar-refractivity contribution is 5.94. The molecule has 0 spiro atoms. The molecule has 0 bridgehead atoms. The zero-order chi connectivity index (χ0) is 21.4. The SMILES string of the molecule is C[C@H]1CN(C(=O)c2cc(-c3cnc(-c4cccnc4)nc3)cn2CC2CC2)C[C@H](C)O1. The molecular formula is C24H27N5O2. The fourth-order valence-electron chi connectivity index (χ4n) is 4.20. The molecular weight excluding hydrogens is 390 g/mol. The van der Waals surface area contributed by atoms with Crippen LogP contribution in [0, 0.1) is 5.92 Å². The fraction of sp³-hybridized carbons (Fsp3) is 0.417. The Hall–Kier alpha value is -3.06. The minimum atomic E-state index is 0.0486. The van der Waals surface area contributed by atoms with Gasteiger partial charge in [0.1, 0.15) is 5.69 Å². The molecule has 7 heteroatoms. The number of rotatable bonds is 5. The second-order valence-electron chi connectivity index (χ2n) is 8.71. The number of hydrogen-bond donors (Lipinski definition) is 0. The molecule has 2 atom stereocenters. The molecule has 0 unspecified atom stereocenters. The molecule has 1 aliphatic heterocycles. The van der Waals surface area contributed by atoms with Crippen LogP contribution in [0.4, 0.5) is 0 Å². The largest absolute Gasteiger partial charge is 0.372 e. The Labute approximate surface area is 182 Å².